The number of rotatable bonds is 6. The highest BCUT2D eigenvalue weighted by Gasteiger charge is 2.36. The van der Waals surface area contributed by atoms with Gasteiger partial charge < -0.3 is 9.64 Å². The summed E-state index contributed by atoms with van der Waals surface area (Å²) in [5, 5.41) is 0. The Kier molecular flexibility index (Phi) is 4.91. The Morgan fingerprint density at radius 1 is 0.958 bits per heavy atom. The number of hydrogen-bond donors (Lipinski definition) is 0. The average molecular weight is 326 g/mol. The van der Waals surface area contributed by atoms with Gasteiger partial charge in [0.15, 0.2) is 0 Å². The Morgan fingerprint density at radius 3 is 2.33 bits per heavy atom. The largest absolute Gasteiger partial charge is 0.494 e. The molecule has 24 heavy (non-hydrogen) atoms. The van der Waals surface area contributed by atoms with Crippen LogP contribution in [-0.2, 0) is 6.54 Å². The summed E-state index contributed by atoms with van der Waals surface area (Å²) in [5.41, 5.74) is 1.39. The van der Waals surface area contributed by atoms with Gasteiger partial charge in [-0.3, -0.25) is 4.90 Å². The van der Waals surface area contributed by atoms with Gasteiger partial charge in [-0.25, -0.2) is 0 Å². The predicted molar refractivity (Wildman–Crippen MR) is 98.2 cm³/mol. The minimum atomic E-state index is 0.736. The molecule has 0 aromatic heterocycles. The summed E-state index contributed by atoms with van der Waals surface area (Å²) in [5.74, 6) is 3.70. The van der Waals surface area contributed by atoms with Crippen LogP contribution in [0, 0.1) is 17.8 Å². The molecule has 1 aromatic carbocycles. The maximum absolute atomic E-state index is 5.52. The zero-order valence-electron chi connectivity index (χ0n) is 14.9. The average Bonchev–Trinajstić information content (AvgIpc) is 3.22. The van der Waals surface area contributed by atoms with E-state index in [-0.39, 0.29) is 0 Å². The molecule has 1 aromatic rings. The second-order valence-electron chi connectivity index (χ2n) is 7.69. The van der Waals surface area contributed by atoms with E-state index >= 15 is 0 Å². The van der Waals surface area contributed by atoms with Crippen LogP contribution in [0.2, 0.25) is 0 Å². The molecule has 2 fully saturated rings. The topological polar surface area (TPSA) is 15.7 Å². The van der Waals surface area contributed by atoms with Gasteiger partial charge in [-0.1, -0.05) is 24.3 Å². The quantitative estimate of drug-likeness (QED) is 0.745. The fourth-order valence-electron chi connectivity index (χ4n) is 4.68. The first-order valence-electron chi connectivity index (χ1n) is 9.65. The number of hydrogen-bond acceptors (Lipinski definition) is 3. The summed E-state index contributed by atoms with van der Waals surface area (Å²) in [6, 6.07) is 8.60. The van der Waals surface area contributed by atoms with E-state index < -0.39 is 0 Å². The molecule has 3 heteroatoms. The van der Waals surface area contributed by atoms with Crippen molar-refractivity contribution in [1.29, 1.82) is 0 Å². The third-order valence-electron chi connectivity index (χ3n) is 6.01. The summed E-state index contributed by atoms with van der Waals surface area (Å²) in [7, 11) is 0. The van der Waals surface area contributed by atoms with Crippen LogP contribution < -0.4 is 4.74 Å². The normalized spacial score (nSPS) is 30.1. The maximum atomic E-state index is 5.52. The second-order valence-corrected chi connectivity index (χ2v) is 7.69. The van der Waals surface area contributed by atoms with E-state index in [9.17, 15) is 0 Å². The number of benzene rings is 1. The molecule has 3 atom stereocenters. The third kappa shape index (κ3) is 3.68. The Morgan fingerprint density at radius 2 is 1.71 bits per heavy atom. The van der Waals surface area contributed by atoms with E-state index in [0.29, 0.717) is 0 Å². The van der Waals surface area contributed by atoms with Gasteiger partial charge in [-0.05, 0) is 55.2 Å². The van der Waals surface area contributed by atoms with Gasteiger partial charge in [0.25, 0.3) is 0 Å². The summed E-state index contributed by atoms with van der Waals surface area (Å²) in [6.45, 7) is 10.0. The van der Waals surface area contributed by atoms with Crippen molar-refractivity contribution in [2.75, 3.05) is 39.3 Å². The zero-order valence-corrected chi connectivity index (χ0v) is 14.9. The van der Waals surface area contributed by atoms with Gasteiger partial charge in [0.1, 0.15) is 5.75 Å². The molecule has 3 nitrogen and oxygen atoms in total. The van der Waals surface area contributed by atoms with Gasteiger partial charge in [0.2, 0.25) is 0 Å². The maximum Gasteiger partial charge on any atom is 0.119 e. The molecule has 2 bridgehead atoms. The smallest absolute Gasteiger partial charge is 0.119 e. The Balaban J connectivity index is 1.22. The van der Waals surface area contributed by atoms with Gasteiger partial charge in [-0.15, -0.1) is 0 Å². The van der Waals surface area contributed by atoms with Crippen molar-refractivity contribution in [1.82, 2.24) is 9.80 Å². The Labute approximate surface area is 146 Å². The zero-order chi connectivity index (χ0) is 16.4. The molecule has 1 saturated heterocycles. The highest BCUT2D eigenvalue weighted by molar-refractivity contribution is 5.27. The lowest BCUT2D eigenvalue weighted by atomic mass is 9.93. The van der Waals surface area contributed by atoms with Crippen molar-refractivity contribution in [3.8, 4) is 5.75 Å². The number of piperazine rings is 1. The van der Waals surface area contributed by atoms with Crippen LogP contribution in [0.1, 0.15) is 25.3 Å². The molecule has 1 aliphatic heterocycles. The first-order valence-corrected chi connectivity index (χ1v) is 9.65. The Bertz CT molecular complexity index is 560. The highest BCUT2D eigenvalue weighted by Crippen LogP contribution is 2.43. The molecule has 0 N–H and O–H groups in total. The highest BCUT2D eigenvalue weighted by atomic mass is 16.5. The lowest BCUT2D eigenvalue weighted by Crippen LogP contribution is -2.47. The first kappa shape index (κ1) is 16.2. The van der Waals surface area contributed by atoms with Gasteiger partial charge in [-0.2, -0.15) is 0 Å². The van der Waals surface area contributed by atoms with E-state index in [2.05, 4.69) is 46.2 Å². The van der Waals surface area contributed by atoms with E-state index in [4.69, 9.17) is 4.74 Å². The molecule has 2 aliphatic carbocycles. The van der Waals surface area contributed by atoms with Crippen LogP contribution >= 0.6 is 0 Å². The number of nitrogens with zero attached hydrogens (tertiary/aromatic N) is 2. The standard InChI is InChI=1S/C21H30N2O/c1-2-24-21-7-4-17(5-8-21)15-22-9-11-23(12-10-22)16-20-14-18-3-6-19(20)13-18/h3-8,18-20H,2,9-16H2,1H3/t18-,19-,20-/m1/s1. The fraction of sp³-hybridized carbons (Fsp3) is 0.619. The molecule has 1 saturated carbocycles. The van der Waals surface area contributed by atoms with E-state index in [0.717, 1.165) is 36.7 Å². The fourth-order valence-corrected chi connectivity index (χ4v) is 4.68. The van der Waals surface area contributed by atoms with Crippen LogP contribution in [0.25, 0.3) is 0 Å². The van der Waals surface area contributed by atoms with Crippen LogP contribution in [0.15, 0.2) is 36.4 Å². The summed E-state index contributed by atoms with van der Waals surface area (Å²) < 4.78 is 5.52. The lowest BCUT2D eigenvalue weighted by molar-refractivity contribution is 0.108. The van der Waals surface area contributed by atoms with E-state index in [1.54, 1.807) is 0 Å². The molecule has 4 rings (SSSR count). The second kappa shape index (κ2) is 7.28. The first-order chi connectivity index (χ1) is 11.8. The van der Waals surface area contributed by atoms with Crippen molar-refractivity contribution >= 4 is 0 Å². The lowest BCUT2D eigenvalue weighted by Gasteiger charge is -2.37. The molecular formula is C21H30N2O. The van der Waals surface area contributed by atoms with Crippen LogP contribution in [0.3, 0.4) is 0 Å². The van der Waals surface area contributed by atoms with Crippen molar-refractivity contribution in [3.05, 3.63) is 42.0 Å². The van der Waals surface area contributed by atoms with Crippen LogP contribution in [0.5, 0.6) is 5.75 Å². The van der Waals surface area contributed by atoms with Gasteiger partial charge in [0.05, 0.1) is 6.61 Å². The summed E-state index contributed by atoms with van der Waals surface area (Å²) in [6.07, 6.45) is 7.81. The van der Waals surface area contributed by atoms with Crippen molar-refractivity contribution < 1.29 is 4.74 Å². The van der Waals surface area contributed by atoms with E-state index in [1.165, 1.54) is 51.1 Å². The molecule has 0 radical (unpaired) electrons. The van der Waals surface area contributed by atoms with Crippen LogP contribution in [0.4, 0.5) is 0 Å². The number of ether oxygens (including phenoxy) is 1. The molecule has 0 unspecified atom stereocenters. The molecule has 130 valence electrons. The predicted octanol–water partition coefficient (Wildman–Crippen LogP) is 3.42. The van der Waals surface area contributed by atoms with Crippen molar-refractivity contribution in [3.63, 3.8) is 0 Å². The monoisotopic (exact) mass is 326 g/mol. The molecular weight excluding hydrogens is 296 g/mol. The minimum Gasteiger partial charge on any atom is -0.494 e. The van der Waals surface area contributed by atoms with Gasteiger partial charge >= 0.3 is 0 Å². The summed E-state index contributed by atoms with van der Waals surface area (Å²) >= 11 is 0. The van der Waals surface area contributed by atoms with Crippen LogP contribution in [-0.4, -0.2) is 49.1 Å². The summed E-state index contributed by atoms with van der Waals surface area (Å²) in [4.78, 5) is 5.29. The third-order valence-corrected chi connectivity index (χ3v) is 6.01. The minimum absolute atomic E-state index is 0.736. The molecule has 0 amide bonds. The SMILES string of the molecule is CCOc1ccc(CN2CCN(C[C@H]3C[C@@H]4C=C[C@@H]3C4)CC2)cc1. The molecule has 3 aliphatic rings. The number of allylic oxidation sites excluding steroid dienone is 2. The molecule has 0 spiro atoms. The number of fused-ring (bicyclic) bond motifs is 2. The van der Waals surface area contributed by atoms with Crippen molar-refractivity contribution in [2.24, 2.45) is 17.8 Å². The Hall–Kier alpha value is -1.32. The van der Waals surface area contributed by atoms with Gasteiger partial charge in [0, 0.05) is 39.3 Å². The van der Waals surface area contributed by atoms with E-state index in [1.807, 2.05) is 6.92 Å². The van der Waals surface area contributed by atoms with Crippen molar-refractivity contribution in [2.45, 2.75) is 26.3 Å². The molecule has 1 heterocycles.